The van der Waals surface area contributed by atoms with Crippen molar-refractivity contribution in [3.63, 3.8) is 0 Å². The number of unbranched alkanes of at least 4 members (excludes halogenated alkanes) is 1. The van der Waals surface area contributed by atoms with Crippen LogP contribution < -0.4 is 20.7 Å². The monoisotopic (exact) mass is 397 g/mol. The largest absolute Gasteiger partial charge is 0.491 e. The van der Waals surface area contributed by atoms with Gasteiger partial charge in [0.25, 0.3) is 5.91 Å². The van der Waals surface area contributed by atoms with Crippen LogP contribution >= 0.6 is 0 Å². The van der Waals surface area contributed by atoms with Crippen molar-refractivity contribution in [1.82, 2.24) is 5.32 Å². The molecule has 0 aromatic heterocycles. The van der Waals surface area contributed by atoms with Crippen molar-refractivity contribution in [2.75, 3.05) is 23.8 Å². The van der Waals surface area contributed by atoms with Crippen LogP contribution in [0.1, 0.15) is 50.4 Å². The van der Waals surface area contributed by atoms with Gasteiger partial charge in [-0.3, -0.25) is 9.59 Å². The highest BCUT2D eigenvalue weighted by atomic mass is 16.5. The first-order chi connectivity index (χ1) is 14.0. The molecule has 0 bridgehead atoms. The minimum atomic E-state index is -0.201. The molecule has 0 fully saturated rings. The second kappa shape index (κ2) is 11.7. The van der Waals surface area contributed by atoms with Gasteiger partial charge in [-0.15, -0.1) is 0 Å². The molecule has 156 valence electrons. The third-order valence-electron chi connectivity index (χ3n) is 4.48. The zero-order valence-corrected chi connectivity index (χ0v) is 17.5. The molecular weight excluding hydrogens is 366 g/mol. The molecule has 1 atom stereocenters. The number of hydrogen-bond donors (Lipinski definition) is 3. The fourth-order valence-electron chi connectivity index (χ4n) is 2.59. The Kier molecular flexibility index (Phi) is 9.02. The molecule has 2 aromatic carbocycles. The number of carbonyl (C=O) groups is 2. The highest BCUT2D eigenvalue weighted by molar-refractivity contribution is 5.98. The van der Waals surface area contributed by atoms with Crippen molar-refractivity contribution in [3.8, 4) is 5.75 Å². The van der Waals surface area contributed by atoms with E-state index in [0.29, 0.717) is 17.9 Å². The molecule has 1 unspecified atom stereocenters. The van der Waals surface area contributed by atoms with Gasteiger partial charge in [-0.05, 0) is 50.1 Å². The van der Waals surface area contributed by atoms with E-state index in [4.69, 9.17) is 4.74 Å². The fourth-order valence-corrected chi connectivity index (χ4v) is 2.59. The molecule has 0 aliphatic carbocycles. The van der Waals surface area contributed by atoms with Crippen LogP contribution in [-0.2, 0) is 4.79 Å². The Bertz CT molecular complexity index is 807. The molecule has 3 N–H and O–H groups in total. The first-order valence-corrected chi connectivity index (χ1v) is 10.2. The van der Waals surface area contributed by atoms with Crippen LogP contribution in [-0.4, -0.2) is 31.0 Å². The minimum absolute atomic E-state index is 0.0947. The van der Waals surface area contributed by atoms with E-state index in [2.05, 4.69) is 22.9 Å². The lowest BCUT2D eigenvalue weighted by Gasteiger charge is -2.14. The van der Waals surface area contributed by atoms with Crippen LogP contribution in [0.25, 0.3) is 0 Å². The quantitative estimate of drug-likeness (QED) is 0.490. The van der Waals surface area contributed by atoms with E-state index in [0.717, 1.165) is 30.7 Å². The van der Waals surface area contributed by atoms with Crippen molar-refractivity contribution >= 4 is 23.2 Å². The number of hydrogen-bond acceptors (Lipinski definition) is 4. The minimum Gasteiger partial charge on any atom is -0.491 e. The maximum Gasteiger partial charge on any atom is 0.251 e. The normalized spacial score (nSPS) is 11.4. The number of ether oxygens (including phenoxy) is 1. The van der Waals surface area contributed by atoms with Crippen molar-refractivity contribution in [1.29, 1.82) is 0 Å². The Balaban J connectivity index is 1.92. The molecule has 0 aliphatic rings. The lowest BCUT2D eigenvalue weighted by molar-refractivity contribution is -0.114. The van der Waals surface area contributed by atoms with E-state index < -0.39 is 0 Å². The molecule has 0 saturated heterocycles. The Morgan fingerprint density at radius 3 is 2.62 bits per heavy atom. The molecule has 6 nitrogen and oxygen atoms in total. The number of amides is 2. The number of benzene rings is 2. The van der Waals surface area contributed by atoms with Crippen LogP contribution in [0, 0.1) is 0 Å². The Hall–Kier alpha value is -3.02. The van der Waals surface area contributed by atoms with E-state index in [-0.39, 0.29) is 24.4 Å². The summed E-state index contributed by atoms with van der Waals surface area (Å²) < 4.78 is 5.77. The van der Waals surface area contributed by atoms with Crippen molar-refractivity contribution in [2.24, 2.45) is 0 Å². The standard InChI is InChI=1S/C23H31N3O3/c1-4-6-14-29-21-13-8-7-12-20(21)24-16-22(27)26-19-11-9-10-18(15-19)23(28)25-17(3)5-2/h7-13,15,17,24H,4-6,14,16H2,1-3H3,(H,25,28)(H,26,27). The molecule has 2 aromatic rings. The van der Waals surface area contributed by atoms with Gasteiger partial charge in [0, 0.05) is 17.3 Å². The highest BCUT2D eigenvalue weighted by Gasteiger charge is 2.10. The van der Waals surface area contributed by atoms with Crippen LogP contribution in [0.3, 0.4) is 0 Å². The third kappa shape index (κ3) is 7.49. The van der Waals surface area contributed by atoms with Crippen molar-refractivity contribution in [3.05, 3.63) is 54.1 Å². The Morgan fingerprint density at radius 1 is 1.07 bits per heavy atom. The maximum atomic E-state index is 12.3. The molecule has 0 spiro atoms. The second-order valence-electron chi connectivity index (χ2n) is 6.96. The summed E-state index contributed by atoms with van der Waals surface area (Å²) in [4.78, 5) is 24.6. The zero-order valence-electron chi connectivity index (χ0n) is 17.5. The number of anilines is 2. The molecule has 0 saturated carbocycles. The van der Waals surface area contributed by atoms with E-state index in [1.54, 1.807) is 24.3 Å². The van der Waals surface area contributed by atoms with Gasteiger partial charge in [0.2, 0.25) is 5.91 Å². The molecule has 29 heavy (non-hydrogen) atoms. The summed E-state index contributed by atoms with van der Waals surface area (Å²) in [6, 6.07) is 14.6. The van der Waals surface area contributed by atoms with Crippen molar-refractivity contribution in [2.45, 2.75) is 46.1 Å². The maximum absolute atomic E-state index is 12.3. The summed E-state index contributed by atoms with van der Waals surface area (Å²) in [7, 11) is 0. The lowest BCUT2D eigenvalue weighted by atomic mass is 10.1. The van der Waals surface area contributed by atoms with Gasteiger partial charge in [-0.25, -0.2) is 0 Å². The topological polar surface area (TPSA) is 79.5 Å². The van der Waals surface area contributed by atoms with Crippen LogP contribution in [0.2, 0.25) is 0 Å². The van der Waals surface area contributed by atoms with Crippen LogP contribution in [0.15, 0.2) is 48.5 Å². The van der Waals surface area contributed by atoms with E-state index >= 15 is 0 Å². The predicted octanol–water partition coefficient (Wildman–Crippen LogP) is 4.44. The average molecular weight is 398 g/mol. The second-order valence-corrected chi connectivity index (χ2v) is 6.96. The predicted molar refractivity (Wildman–Crippen MR) is 118 cm³/mol. The summed E-state index contributed by atoms with van der Waals surface area (Å²) in [5.41, 5.74) is 1.88. The molecule has 0 radical (unpaired) electrons. The van der Waals surface area contributed by atoms with Gasteiger partial charge in [-0.1, -0.05) is 38.5 Å². The van der Waals surface area contributed by atoms with Gasteiger partial charge >= 0.3 is 0 Å². The average Bonchev–Trinajstić information content (AvgIpc) is 2.73. The van der Waals surface area contributed by atoms with Crippen LogP contribution in [0.5, 0.6) is 5.75 Å². The van der Waals surface area contributed by atoms with E-state index in [1.807, 2.05) is 38.1 Å². The molecule has 0 heterocycles. The number of rotatable bonds is 11. The van der Waals surface area contributed by atoms with E-state index in [9.17, 15) is 9.59 Å². The number of nitrogens with one attached hydrogen (secondary N) is 3. The van der Waals surface area contributed by atoms with Gasteiger partial charge < -0.3 is 20.7 Å². The third-order valence-corrected chi connectivity index (χ3v) is 4.48. The highest BCUT2D eigenvalue weighted by Crippen LogP contribution is 2.23. The molecular formula is C23H31N3O3. The fraction of sp³-hybridized carbons (Fsp3) is 0.391. The Morgan fingerprint density at radius 2 is 1.86 bits per heavy atom. The van der Waals surface area contributed by atoms with Crippen molar-refractivity contribution < 1.29 is 14.3 Å². The van der Waals surface area contributed by atoms with Gasteiger partial charge in [0.05, 0.1) is 18.8 Å². The summed E-state index contributed by atoms with van der Waals surface area (Å²) in [6.45, 7) is 6.83. The molecule has 6 heteroatoms. The van der Waals surface area contributed by atoms with Gasteiger partial charge in [0.15, 0.2) is 0 Å². The SMILES string of the molecule is CCCCOc1ccccc1NCC(=O)Nc1cccc(C(=O)NC(C)CC)c1. The first kappa shape index (κ1) is 22.3. The smallest absolute Gasteiger partial charge is 0.251 e. The molecule has 2 rings (SSSR count). The summed E-state index contributed by atoms with van der Waals surface area (Å²) in [6.07, 6.45) is 2.90. The number of carbonyl (C=O) groups excluding carboxylic acids is 2. The Labute approximate surface area is 173 Å². The van der Waals surface area contributed by atoms with Gasteiger partial charge in [0.1, 0.15) is 5.75 Å². The van der Waals surface area contributed by atoms with E-state index in [1.165, 1.54) is 0 Å². The summed E-state index contributed by atoms with van der Waals surface area (Å²) in [5, 5.41) is 8.86. The zero-order chi connectivity index (χ0) is 21.1. The number of para-hydroxylation sites is 2. The molecule has 0 aliphatic heterocycles. The van der Waals surface area contributed by atoms with Crippen LogP contribution in [0.4, 0.5) is 11.4 Å². The lowest BCUT2D eigenvalue weighted by Crippen LogP contribution is -2.32. The van der Waals surface area contributed by atoms with Gasteiger partial charge in [-0.2, -0.15) is 0 Å². The summed E-state index contributed by atoms with van der Waals surface area (Å²) >= 11 is 0. The first-order valence-electron chi connectivity index (χ1n) is 10.2. The summed E-state index contributed by atoms with van der Waals surface area (Å²) in [5.74, 6) is 0.386. The molecule has 2 amide bonds.